The van der Waals surface area contributed by atoms with Crippen LogP contribution in [0.1, 0.15) is 22.3 Å². The summed E-state index contributed by atoms with van der Waals surface area (Å²) in [5.74, 6) is 0. The zero-order valence-electron chi connectivity index (χ0n) is 45.7. The van der Waals surface area contributed by atoms with Crippen LogP contribution < -0.4 is 4.90 Å². The Balaban J connectivity index is 0.827. The predicted octanol–water partition coefficient (Wildman–Crippen LogP) is 21.8. The van der Waals surface area contributed by atoms with E-state index < -0.39 is 5.41 Å². The van der Waals surface area contributed by atoms with Gasteiger partial charge in [-0.1, -0.05) is 218 Å². The van der Waals surface area contributed by atoms with E-state index in [1.807, 2.05) is 0 Å². The first-order valence-corrected chi connectivity index (χ1v) is 29.0. The highest BCUT2D eigenvalue weighted by Gasteiger charge is 2.52. The number of fused-ring (bicyclic) bond motifs is 18. The van der Waals surface area contributed by atoms with Crippen LogP contribution in [0.2, 0.25) is 0 Å². The van der Waals surface area contributed by atoms with Gasteiger partial charge in [-0.3, -0.25) is 0 Å². The SMILES string of the molecule is c1ccc(-c2ccc3c(c2)C2(c4ccccc4-3)c3ccccc3-c3c(-c4ccc(-n5c6ccccc6c6ccc(N(c7ccc8c(c7)oc7cc9ccccc9cc78)c7cccc8ccccc78)cc65)cc4)cc(-c4ccccc4)cc32)cc1. The molecular weight excluding hydrogens is 1020 g/mol. The van der Waals surface area contributed by atoms with E-state index in [4.69, 9.17) is 4.42 Å². The number of benzene rings is 14. The number of anilines is 3. The molecule has 16 aromatic rings. The molecule has 2 aliphatic carbocycles. The fourth-order valence-electron chi connectivity index (χ4n) is 14.7. The van der Waals surface area contributed by atoms with E-state index in [-0.39, 0.29) is 0 Å². The molecule has 14 aromatic carbocycles. The molecule has 0 aliphatic heterocycles. The minimum atomic E-state index is -0.546. The third-order valence-corrected chi connectivity index (χ3v) is 18.3. The highest BCUT2D eigenvalue weighted by molar-refractivity contribution is 6.13. The molecule has 2 aromatic heterocycles. The van der Waals surface area contributed by atoms with Gasteiger partial charge in [-0.15, -0.1) is 0 Å². The Morgan fingerprint density at radius 3 is 1.65 bits per heavy atom. The van der Waals surface area contributed by atoms with Crippen LogP contribution in [0.15, 0.2) is 308 Å². The zero-order valence-corrected chi connectivity index (χ0v) is 45.7. The van der Waals surface area contributed by atoms with Gasteiger partial charge in [0.15, 0.2) is 0 Å². The Labute approximate surface area is 485 Å². The van der Waals surface area contributed by atoms with E-state index in [2.05, 4.69) is 313 Å². The number of para-hydroxylation sites is 1. The summed E-state index contributed by atoms with van der Waals surface area (Å²) in [6.45, 7) is 0. The predicted molar refractivity (Wildman–Crippen MR) is 350 cm³/mol. The van der Waals surface area contributed by atoms with Gasteiger partial charge in [-0.2, -0.15) is 0 Å². The largest absolute Gasteiger partial charge is 0.456 e. The van der Waals surface area contributed by atoms with Gasteiger partial charge >= 0.3 is 0 Å². The quantitative estimate of drug-likeness (QED) is 0.159. The van der Waals surface area contributed by atoms with Crippen LogP contribution in [-0.4, -0.2) is 4.57 Å². The van der Waals surface area contributed by atoms with Crippen LogP contribution in [0.25, 0.3) is 127 Å². The van der Waals surface area contributed by atoms with Crippen molar-refractivity contribution in [2.75, 3.05) is 4.90 Å². The Bertz CT molecular complexity index is 5370. The van der Waals surface area contributed by atoms with Crippen LogP contribution in [0.3, 0.4) is 0 Å². The second kappa shape index (κ2) is 18.0. The summed E-state index contributed by atoms with van der Waals surface area (Å²) in [4.78, 5) is 2.41. The summed E-state index contributed by atoms with van der Waals surface area (Å²) in [6.07, 6.45) is 0. The third kappa shape index (κ3) is 6.75. The highest BCUT2D eigenvalue weighted by atomic mass is 16.3. The van der Waals surface area contributed by atoms with E-state index >= 15 is 0 Å². The second-order valence-electron chi connectivity index (χ2n) is 22.7. The molecule has 1 atom stereocenters. The summed E-state index contributed by atoms with van der Waals surface area (Å²) in [6, 6.07) is 112. The van der Waals surface area contributed by atoms with Crippen LogP contribution in [0.5, 0.6) is 0 Å². The lowest BCUT2D eigenvalue weighted by Crippen LogP contribution is -2.26. The highest BCUT2D eigenvalue weighted by Crippen LogP contribution is 2.65. The topological polar surface area (TPSA) is 21.3 Å². The summed E-state index contributed by atoms with van der Waals surface area (Å²) in [5.41, 5.74) is 25.4. The van der Waals surface area contributed by atoms with Crippen molar-refractivity contribution in [1.82, 2.24) is 4.57 Å². The first-order valence-electron chi connectivity index (χ1n) is 29.0. The average molecular weight is 1070 g/mol. The normalized spacial score (nSPS) is 14.0. The van der Waals surface area contributed by atoms with E-state index in [0.29, 0.717) is 0 Å². The lowest BCUT2D eigenvalue weighted by Gasteiger charge is -2.31. The van der Waals surface area contributed by atoms with Gasteiger partial charge in [-0.05, 0) is 173 Å². The maximum Gasteiger partial charge on any atom is 0.137 e. The smallest absolute Gasteiger partial charge is 0.137 e. The van der Waals surface area contributed by atoms with Gasteiger partial charge in [0.05, 0.1) is 22.1 Å². The molecule has 1 spiro atoms. The van der Waals surface area contributed by atoms with Crippen molar-refractivity contribution < 1.29 is 4.42 Å². The second-order valence-corrected chi connectivity index (χ2v) is 22.7. The number of rotatable bonds is 7. The van der Waals surface area contributed by atoms with Crippen molar-refractivity contribution in [2.24, 2.45) is 0 Å². The van der Waals surface area contributed by atoms with Crippen LogP contribution >= 0.6 is 0 Å². The monoisotopic (exact) mass is 1070 g/mol. The Kier molecular flexibility index (Phi) is 10.0. The van der Waals surface area contributed by atoms with Crippen molar-refractivity contribution >= 4 is 82.4 Å². The fourth-order valence-corrected chi connectivity index (χ4v) is 14.7. The number of nitrogens with zero attached hydrogens (tertiary/aromatic N) is 2. The molecular formula is C81H50N2O. The molecule has 2 heterocycles. The molecule has 0 amide bonds. The standard InChI is InChI=1S/C81H50N2O/c1-3-18-51(19-4-1)57-36-41-64-63-27-11-14-30-71(63)81(73(64)46-57)72-31-15-12-29-68(72)80-69(45-58(47-74(80)81)52-20-5-2-6-21-52)54-34-37-59(38-35-54)83-76-32-16-13-28-65(76)66-42-39-60(49-77(66)83)82(75-33-17-25-53-22-9-10-26-62(53)75)61-40-43-67-70-44-55-23-7-8-24-56(55)48-78(70)84-79(67)50-61/h1-50H. The Morgan fingerprint density at radius 2 is 0.857 bits per heavy atom. The van der Waals surface area contributed by atoms with E-state index in [1.165, 1.54) is 110 Å². The number of hydrogen-bond donors (Lipinski definition) is 0. The van der Waals surface area contributed by atoms with Crippen molar-refractivity contribution in [1.29, 1.82) is 0 Å². The van der Waals surface area contributed by atoms with Gasteiger partial charge in [0.1, 0.15) is 11.2 Å². The maximum absolute atomic E-state index is 6.75. The van der Waals surface area contributed by atoms with Gasteiger partial charge in [-0.25, -0.2) is 0 Å². The molecule has 18 rings (SSSR count). The molecule has 3 nitrogen and oxygen atoms in total. The number of aromatic nitrogens is 1. The first-order chi connectivity index (χ1) is 41.6. The summed E-state index contributed by atoms with van der Waals surface area (Å²) in [7, 11) is 0. The zero-order chi connectivity index (χ0) is 55.0. The number of furan rings is 1. The van der Waals surface area contributed by atoms with E-state index in [1.54, 1.807) is 0 Å². The van der Waals surface area contributed by atoms with E-state index in [0.717, 1.165) is 55.7 Å². The van der Waals surface area contributed by atoms with Crippen molar-refractivity contribution in [2.45, 2.75) is 5.41 Å². The minimum Gasteiger partial charge on any atom is -0.456 e. The van der Waals surface area contributed by atoms with Gasteiger partial charge in [0, 0.05) is 50.1 Å². The molecule has 2 aliphatic rings. The minimum absolute atomic E-state index is 0.546. The summed E-state index contributed by atoms with van der Waals surface area (Å²) in [5, 5.41) is 9.34. The number of hydrogen-bond acceptors (Lipinski definition) is 2. The third-order valence-electron chi connectivity index (χ3n) is 18.3. The van der Waals surface area contributed by atoms with Crippen LogP contribution in [-0.2, 0) is 5.41 Å². The van der Waals surface area contributed by atoms with Gasteiger partial charge in [0.2, 0.25) is 0 Å². The van der Waals surface area contributed by atoms with Gasteiger partial charge in [0.25, 0.3) is 0 Å². The first kappa shape index (κ1) is 46.7. The lowest BCUT2D eigenvalue weighted by atomic mass is 9.69. The molecule has 1 unspecified atom stereocenters. The van der Waals surface area contributed by atoms with Gasteiger partial charge < -0.3 is 13.9 Å². The molecule has 0 bridgehead atoms. The average Bonchev–Trinajstić information content (AvgIpc) is 3.04. The van der Waals surface area contributed by atoms with E-state index in [9.17, 15) is 0 Å². The Hall–Kier alpha value is -11.0. The van der Waals surface area contributed by atoms with Crippen LogP contribution in [0.4, 0.5) is 17.1 Å². The molecule has 390 valence electrons. The van der Waals surface area contributed by atoms with Crippen molar-refractivity contribution in [3.05, 3.63) is 326 Å². The summed E-state index contributed by atoms with van der Waals surface area (Å²) >= 11 is 0. The summed E-state index contributed by atoms with van der Waals surface area (Å²) < 4.78 is 9.21. The fraction of sp³-hybridized carbons (Fsp3) is 0.0123. The lowest BCUT2D eigenvalue weighted by molar-refractivity contribution is 0.669. The molecule has 0 N–H and O–H groups in total. The molecule has 0 saturated heterocycles. The van der Waals surface area contributed by atoms with Crippen LogP contribution in [0, 0.1) is 0 Å². The molecule has 3 heteroatoms. The molecule has 0 radical (unpaired) electrons. The molecule has 84 heavy (non-hydrogen) atoms. The molecule has 0 saturated carbocycles. The maximum atomic E-state index is 6.75. The Morgan fingerprint density at radius 1 is 0.286 bits per heavy atom. The molecule has 0 fully saturated rings. The van der Waals surface area contributed by atoms with Crippen molar-refractivity contribution in [3.63, 3.8) is 0 Å². The van der Waals surface area contributed by atoms with Crippen molar-refractivity contribution in [3.8, 4) is 61.3 Å².